The van der Waals surface area contributed by atoms with E-state index in [1.165, 1.54) is 0 Å². The highest BCUT2D eigenvalue weighted by molar-refractivity contribution is 7.91. The van der Waals surface area contributed by atoms with Crippen LogP contribution in [0.5, 0.6) is 0 Å². The molecule has 0 aliphatic rings. The van der Waals surface area contributed by atoms with E-state index >= 15 is 0 Å². The Morgan fingerprint density at radius 3 is 2.26 bits per heavy atom. The topological polar surface area (TPSA) is 51.2 Å². The lowest BCUT2D eigenvalue weighted by molar-refractivity contribution is -0.125. The van der Waals surface area contributed by atoms with Gasteiger partial charge in [0.25, 0.3) is 0 Å². The van der Waals surface area contributed by atoms with Crippen molar-refractivity contribution in [3.05, 3.63) is 29.8 Å². The minimum atomic E-state index is -3.28. The van der Waals surface area contributed by atoms with Gasteiger partial charge in [0, 0.05) is 11.8 Å². The third kappa shape index (κ3) is 4.16. The first kappa shape index (κ1) is 15.9. The van der Waals surface area contributed by atoms with E-state index in [4.69, 9.17) is 0 Å². The molecule has 0 spiro atoms. The van der Waals surface area contributed by atoms with Crippen molar-refractivity contribution in [3.8, 4) is 0 Å². The van der Waals surface area contributed by atoms with Gasteiger partial charge < -0.3 is 0 Å². The molecular weight excluding hydrogens is 260 g/mol. The summed E-state index contributed by atoms with van der Waals surface area (Å²) in [5.41, 5.74) is 0.151. The Bertz CT molecular complexity index is 551. The second-order valence-corrected chi connectivity index (χ2v) is 7.85. The molecule has 0 unspecified atom stereocenters. The summed E-state index contributed by atoms with van der Waals surface area (Å²) in [4.78, 5) is 12.4. The molecular formula is C15H22O3S. The van der Waals surface area contributed by atoms with E-state index in [1.807, 2.05) is 27.7 Å². The van der Waals surface area contributed by atoms with Crippen LogP contribution in [0.15, 0.2) is 29.2 Å². The maximum absolute atomic E-state index is 12.2. The van der Waals surface area contributed by atoms with E-state index in [0.717, 1.165) is 0 Å². The first-order valence-corrected chi connectivity index (χ1v) is 8.17. The average molecular weight is 282 g/mol. The Balaban J connectivity index is 3.14. The Morgan fingerprint density at radius 1 is 1.16 bits per heavy atom. The van der Waals surface area contributed by atoms with Crippen LogP contribution in [0.2, 0.25) is 0 Å². The van der Waals surface area contributed by atoms with Gasteiger partial charge in [-0.15, -0.1) is 0 Å². The number of sulfone groups is 1. The molecule has 3 nitrogen and oxygen atoms in total. The molecule has 106 valence electrons. The quantitative estimate of drug-likeness (QED) is 0.834. The molecule has 0 amide bonds. The zero-order valence-electron chi connectivity index (χ0n) is 12.1. The van der Waals surface area contributed by atoms with Gasteiger partial charge in [0.05, 0.1) is 10.6 Å². The third-order valence-electron chi connectivity index (χ3n) is 2.97. The van der Waals surface area contributed by atoms with Crippen molar-refractivity contribution in [2.45, 2.75) is 45.4 Å². The highest BCUT2D eigenvalue weighted by Gasteiger charge is 2.24. The van der Waals surface area contributed by atoms with Crippen LogP contribution in [0, 0.1) is 5.41 Å². The summed E-state index contributed by atoms with van der Waals surface area (Å²) in [7, 11) is -3.28. The summed E-state index contributed by atoms with van der Waals surface area (Å²) < 4.78 is 24.3. The van der Waals surface area contributed by atoms with Crippen LogP contribution in [-0.2, 0) is 21.1 Å². The molecule has 1 rings (SSSR count). The van der Waals surface area contributed by atoms with Crippen molar-refractivity contribution in [2.24, 2.45) is 5.41 Å². The molecule has 0 aromatic heterocycles. The van der Waals surface area contributed by atoms with Crippen LogP contribution in [0.3, 0.4) is 0 Å². The minimum Gasteiger partial charge on any atom is -0.299 e. The van der Waals surface area contributed by atoms with Gasteiger partial charge in [0.15, 0.2) is 9.84 Å². The lowest BCUT2D eigenvalue weighted by atomic mass is 9.87. The smallest absolute Gasteiger partial charge is 0.178 e. The third-order valence-corrected chi connectivity index (χ3v) is 4.98. The summed E-state index contributed by atoms with van der Waals surface area (Å²) in [6.45, 7) is 7.37. The molecule has 0 radical (unpaired) electrons. The fourth-order valence-corrected chi connectivity index (χ4v) is 3.35. The van der Waals surface area contributed by atoms with Gasteiger partial charge in [-0.25, -0.2) is 8.42 Å². The van der Waals surface area contributed by atoms with Gasteiger partial charge >= 0.3 is 0 Å². The fourth-order valence-electron chi connectivity index (χ4n) is 1.77. The predicted octanol–water partition coefficient (Wildman–Crippen LogP) is 3.03. The fraction of sp³-hybridized carbons (Fsp3) is 0.533. The van der Waals surface area contributed by atoms with E-state index in [0.29, 0.717) is 16.9 Å². The van der Waals surface area contributed by atoms with E-state index in [-0.39, 0.29) is 18.0 Å². The van der Waals surface area contributed by atoms with E-state index in [9.17, 15) is 13.2 Å². The SMILES string of the molecule is CCCS(=O)(=O)c1ccccc1CC(=O)C(C)(C)C. The van der Waals surface area contributed by atoms with Crippen molar-refractivity contribution >= 4 is 15.6 Å². The highest BCUT2D eigenvalue weighted by Crippen LogP contribution is 2.23. The molecule has 0 aliphatic carbocycles. The van der Waals surface area contributed by atoms with Gasteiger partial charge in [-0.05, 0) is 18.1 Å². The van der Waals surface area contributed by atoms with Gasteiger partial charge in [-0.2, -0.15) is 0 Å². The molecule has 0 aliphatic heterocycles. The van der Waals surface area contributed by atoms with E-state index in [1.54, 1.807) is 24.3 Å². The number of rotatable bonds is 5. The summed E-state index contributed by atoms with van der Waals surface area (Å²) in [6, 6.07) is 6.80. The van der Waals surface area contributed by atoms with Crippen molar-refractivity contribution in [1.29, 1.82) is 0 Å². The summed E-state index contributed by atoms with van der Waals surface area (Å²) in [5.74, 6) is 0.167. The maximum Gasteiger partial charge on any atom is 0.178 e. The van der Waals surface area contributed by atoms with Crippen LogP contribution in [0.1, 0.15) is 39.7 Å². The lowest BCUT2D eigenvalue weighted by Crippen LogP contribution is -2.23. The molecule has 1 aromatic carbocycles. The molecule has 0 saturated carbocycles. The van der Waals surface area contributed by atoms with Gasteiger partial charge in [0.2, 0.25) is 0 Å². The zero-order valence-corrected chi connectivity index (χ0v) is 12.9. The van der Waals surface area contributed by atoms with Crippen LogP contribution in [-0.4, -0.2) is 20.0 Å². The number of carbonyl (C=O) groups is 1. The Kier molecular flexibility index (Phi) is 4.91. The van der Waals surface area contributed by atoms with Gasteiger partial charge in [0.1, 0.15) is 5.78 Å². The average Bonchev–Trinajstić information content (AvgIpc) is 2.28. The Labute approximate surface area is 116 Å². The number of ketones is 1. The molecule has 0 atom stereocenters. The van der Waals surface area contributed by atoms with Crippen LogP contribution >= 0.6 is 0 Å². The summed E-state index contributed by atoms with van der Waals surface area (Å²) in [5, 5.41) is 0. The zero-order chi connectivity index (χ0) is 14.7. The molecule has 0 N–H and O–H groups in total. The normalized spacial score (nSPS) is 12.4. The predicted molar refractivity (Wildman–Crippen MR) is 77.0 cm³/mol. The molecule has 0 fully saturated rings. The summed E-state index contributed by atoms with van der Waals surface area (Å²) >= 11 is 0. The minimum absolute atomic E-state index is 0.0478. The number of carbonyl (C=O) groups excluding carboxylic acids is 1. The molecule has 0 saturated heterocycles. The largest absolute Gasteiger partial charge is 0.299 e. The standard InChI is InChI=1S/C15H22O3S/c1-5-10-19(17,18)13-9-7-6-8-12(13)11-14(16)15(2,3)4/h6-9H,5,10-11H2,1-4H3. The number of hydrogen-bond acceptors (Lipinski definition) is 3. The monoisotopic (exact) mass is 282 g/mol. The molecule has 1 aromatic rings. The number of hydrogen-bond donors (Lipinski definition) is 0. The molecule has 19 heavy (non-hydrogen) atoms. The highest BCUT2D eigenvalue weighted by atomic mass is 32.2. The second kappa shape index (κ2) is 5.87. The van der Waals surface area contributed by atoms with Crippen molar-refractivity contribution in [2.75, 3.05) is 5.75 Å². The first-order chi connectivity index (χ1) is 8.68. The number of Topliss-reactive ketones (excluding diaryl/α,β-unsaturated/α-hetero) is 1. The van der Waals surface area contributed by atoms with Gasteiger partial charge in [-0.3, -0.25) is 4.79 Å². The number of benzene rings is 1. The molecule has 0 heterocycles. The maximum atomic E-state index is 12.2. The van der Waals surface area contributed by atoms with Gasteiger partial charge in [-0.1, -0.05) is 45.9 Å². The molecule has 0 bridgehead atoms. The van der Waals surface area contributed by atoms with Crippen molar-refractivity contribution in [1.82, 2.24) is 0 Å². The van der Waals surface area contributed by atoms with Crippen LogP contribution < -0.4 is 0 Å². The summed E-state index contributed by atoms with van der Waals surface area (Å²) in [6.07, 6.45) is 0.743. The van der Waals surface area contributed by atoms with E-state index < -0.39 is 15.3 Å². The second-order valence-electron chi connectivity index (χ2n) is 5.78. The van der Waals surface area contributed by atoms with Crippen molar-refractivity contribution < 1.29 is 13.2 Å². The lowest BCUT2D eigenvalue weighted by Gasteiger charge is -2.17. The van der Waals surface area contributed by atoms with Crippen LogP contribution in [0.25, 0.3) is 0 Å². The van der Waals surface area contributed by atoms with Crippen molar-refractivity contribution in [3.63, 3.8) is 0 Å². The first-order valence-electron chi connectivity index (χ1n) is 6.52. The molecule has 4 heteroatoms. The Morgan fingerprint density at radius 2 is 1.74 bits per heavy atom. The Hall–Kier alpha value is -1.16. The van der Waals surface area contributed by atoms with E-state index in [2.05, 4.69) is 0 Å². The van der Waals surface area contributed by atoms with Crippen LogP contribution in [0.4, 0.5) is 0 Å².